The van der Waals surface area contributed by atoms with Gasteiger partial charge < -0.3 is 14.2 Å². The second kappa shape index (κ2) is 8.42. The summed E-state index contributed by atoms with van der Waals surface area (Å²) < 4.78 is 15.5. The van der Waals surface area contributed by atoms with E-state index >= 15 is 0 Å². The van der Waals surface area contributed by atoms with Crippen LogP contribution in [0.25, 0.3) is 0 Å². The molecule has 0 N–H and O–H groups in total. The number of hydrogen-bond acceptors (Lipinski definition) is 4. The third kappa shape index (κ3) is 3.92. The minimum absolute atomic E-state index is 0. The van der Waals surface area contributed by atoms with E-state index in [4.69, 9.17) is 14.2 Å². The van der Waals surface area contributed by atoms with Gasteiger partial charge in [-0.15, -0.1) is 9.24 Å². The zero-order chi connectivity index (χ0) is 12.8. The maximum Gasteiger partial charge on any atom is 0.170 e. The fraction of sp³-hybridized carbons (Fsp3) is 0.417. The average Bonchev–Trinajstić information content (AvgIpc) is 2.37. The van der Waals surface area contributed by atoms with E-state index in [2.05, 4.69) is 9.24 Å². The minimum atomic E-state index is -0.00338. The van der Waals surface area contributed by atoms with Gasteiger partial charge in [-0.25, -0.2) is 0 Å². The zero-order valence-electron chi connectivity index (χ0n) is 11.3. The maximum atomic E-state index is 12.0. The van der Waals surface area contributed by atoms with E-state index in [1.807, 2.05) is 0 Å². The van der Waals surface area contributed by atoms with E-state index < -0.39 is 0 Å². The second-order valence-corrected chi connectivity index (χ2v) is 3.95. The quantitative estimate of drug-likeness (QED) is 0.446. The summed E-state index contributed by atoms with van der Waals surface area (Å²) in [7, 11) is 7.12. The molecule has 1 rings (SSSR count). The van der Waals surface area contributed by atoms with Gasteiger partial charge in [0.2, 0.25) is 0 Å². The van der Waals surface area contributed by atoms with E-state index in [1.54, 1.807) is 19.2 Å². The third-order valence-electron chi connectivity index (χ3n) is 2.37. The molecule has 6 heteroatoms. The molecule has 1 radical (unpaired) electrons. The SMILES string of the molecule is COc1cc(OC)c(C(=O)CCP)c(OC)c1.[Li]. The van der Waals surface area contributed by atoms with Crippen molar-refractivity contribution in [2.45, 2.75) is 6.42 Å². The molecule has 0 aromatic heterocycles. The molecule has 0 aliphatic carbocycles. The first kappa shape index (κ1) is 17.3. The number of carbonyl (C=O) groups excluding carboxylic acids is 1. The Labute approximate surface area is 122 Å². The molecule has 18 heavy (non-hydrogen) atoms. The summed E-state index contributed by atoms with van der Waals surface area (Å²) in [6, 6.07) is 3.36. The van der Waals surface area contributed by atoms with Crippen molar-refractivity contribution < 1.29 is 19.0 Å². The molecular weight excluding hydrogens is 246 g/mol. The molecule has 0 aliphatic heterocycles. The minimum Gasteiger partial charge on any atom is -0.496 e. The van der Waals surface area contributed by atoms with Crippen LogP contribution in [0.4, 0.5) is 0 Å². The Morgan fingerprint density at radius 3 is 1.94 bits per heavy atom. The van der Waals surface area contributed by atoms with Gasteiger partial charge in [-0.05, 0) is 6.16 Å². The van der Waals surface area contributed by atoms with Gasteiger partial charge in [0.25, 0.3) is 0 Å². The monoisotopic (exact) mass is 263 g/mol. The van der Waals surface area contributed by atoms with Crippen molar-refractivity contribution in [3.63, 3.8) is 0 Å². The predicted molar refractivity (Wildman–Crippen MR) is 75.4 cm³/mol. The van der Waals surface area contributed by atoms with Crippen LogP contribution in [-0.4, -0.2) is 52.1 Å². The fourth-order valence-electron chi connectivity index (χ4n) is 1.54. The molecular formula is C12H17LiO4P. The summed E-state index contributed by atoms with van der Waals surface area (Å²) in [6.07, 6.45) is 1.14. The predicted octanol–water partition coefficient (Wildman–Crippen LogP) is 1.78. The molecule has 95 valence electrons. The van der Waals surface area contributed by atoms with Gasteiger partial charge in [0.15, 0.2) is 5.78 Å². The fourth-order valence-corrected chi connectivity index (χ4v) is 1.80. The molecule has 0 saturated heterocycles. The number of rotatable bonds is 6. The first-order valence-electron chi connectivity index (χ1n) is 5.21. The smallest absolute Gasteiger partial charge is 0.170 e. The number of ether oxygens (including phenoxy) is 3. The summed E-state index contributed by atoms with van der Waals surface area (Å²) >= 11 is 0. The largest absolute Gasteiger partial charge is 0.496 e. The molecule has 1 aromatic carbocycles. The molecule has 1 atom stereocenters. The number of ketones is 1. The Morgan fingerprint density at radius 2 is 1.61 bits per heavy atom. The van der Waals surface area contributed by atoms with Crippen LogP contribution in [0.1, 0.15) is 16.8 Å². The Bertz CT molecular complexity index is 384. The second-order valence-electron chi connectivity index (χ2n) is 3.37. The molecule has 1 unspecified atom stereocenters. The Kier molecular flexibility index (Phi) is 8.11. The van der Waals surface area contributed by atoms with Gasteiger partial charge in [0.1, 0.15) is 22.8 Å². The van der Waals surface area contributed by atoms with Crippen molar-refractivity contribution >= 4 is 33.9 Å². The van der Waals surface area contributed by atoms with Gasteiger partial charge in [-0.3, -0.25) is 4.79 Å². The van der Waals surface area contributed by atoms with Crippen molar-refractivity contribution in [2.24, 2.45) is 0 Å². The number of hydrogen-bond donors (Lipinski definition) is 0. The molecule has 1 aromatic rings. The molecule has 0 saturated carbocycles. The summed E-state index contributed by atoms with van der Waals surface area (Å²) in [5.74, 6) is 1.55. The Morgan fingerprint density at radius 1 is 1.11 bits per heavy atom. The van der Waals surface area contributed by atoms with E-state index in [0.29, 0.717) is 35.4 Å². The zero-order valence-corrected chi connectivity index (χ0v) is 12.4. The van der Waals surface area contributed by atoms with Gasteiger partial charge >= 0.3 is 0 Å². The van der Waals surface area contributed by atoms with Crippen molar-refractivity contribution in [3.8, 4) is 17.2 Å². The van der Waals surface area contributed by atoms with Crippen LogP contribution in [0.5, 0.6) is 17.2 Å². The van der Waals surface area contributed by atoms with Crippen LogP contribution < -0.4 is 14.2 Å². The van der Waals surface area contributed by atoms with Crippen LogP contribution >= 0.6 is 9.24 Å². The number of methoxy groups -OCH3 is 3. The normalized spacial score (nSPS) is 9.33. The molecule has 0 spiro atoms. The first-order chi connectivity index (χ1) is 8.17. The van der Waals surface area contributed by atoms with E-state index in [1.165, 1.54) is 14.2 Å². The number of benzene rings is 1. The van der Waals surface area contributed by atoms with Gasteiger partial charge in [-0.2, -0.15) is 0 Å². The summed E-state index contributed by atoms with van der Waals surface area (Å²) in [5.41, 5.74) is 0.471. The van der Waals surface area contributed by atoms with Crippen molar-refractivity contribution in [3.05, 3.63) is 17.7 Å². The Balaban J connectivity index is 0.00000289. The van der Waals surface area contributed by atoms with Crippen LogP contribution in [0.2, 0.25) is 0 Å². The first-order valence-corrected chi connectivity index (χ1v) is 6.02. The van der Waals surface area contributed by atoms with E-state index in [0.717, 1.165) is 0 Å². The van der Waals surface area contributed by atoms with E-state index in [-0.39, 0.29) is 24.6 Å². The third-order valence-corrected chi connectivity index (χ3v) is 2.65. The van der Waals surface area contributed by atoms with Gasteiger partial charge in [-0.1, -0.05) is 0 Å². The van der Waals surface area contributed by atoms with Gasteiger partial charge in [0, 0.05) is 37.4 Å². The summed E-state index contributed by atoms with van der Waals surface area (Å²) in [5, 5.41) is 0. The average molecular weight is 263 g/mol. The number of Topliss-reactive ketones (excluding diaryl/α,β-unsaturated/α-hetero) is 1. The van der Waals surface area contributed by atoms with E-state index in [9.17, 15) is 4.79 Å². The standard InChI is InChI=1S/C12H17O4P.Li/c1-14-8-6-10(15-2)12(9(13)4-5-17)11(7-8)16-3;/h6-7H,4-5,17H2,1-3H3;. The maximum absolute atomic E-state index is 12.0. The molecule has 0 amide bonds. The molecule has 0 bridgehead atoms. The number of carbonyl (C=O) groups is 1. The van der Waals surface area contributed by atoms with Crippen molar-refractivity contribution in [2.75, 3.05) is 27.5 Å². The van der Waals surface area contributed by atoms with Crippen LogP contribution in [0.3, 0.4) is 0 Å². The molecule has 0 aliphatic rings. The topological polar surface area (TPSA) is 44.8 Å². The Hall–Kier alpha value is -0.683. The summed E-state index contributed by atoms with van der Waals surface area (Å²) in [4.78, 5) is 12.0. The van der Waals surface area contributed by atoms with Crippen molar-refractivity contribution in [1.29, 1.82) is 0 Å². The summed E-state index contributed by atoms with van der Waals surface area (Å²) in [6.45, 7) is 0. The molecule has 0 heterocycles. The molecule has 0 fully saturated rings. The molecule has 4 nitrogen and oxygen atoms in total. The van der Waals surface area contributed by atoms with Crippen LogP contribution in [-0.2, 0) is 0 Å². The van der Waals surface area contributed by atoms with Gasteiger partial charge in [0.05, 0.1) is 21.3 Å². The van der Waals surface area contributed by atoms with Crippen molar-refractivity contribution in [1.82, 2.24) is 0 Å². The van der Waals surface area contributed by atoms with Crippen LogP contribution in [0, 0.1) is 0 Å². The van der Waals surface area contributed by atoms with Crippen LogP contribution in [0.15, 0.2) is 12.1 Å².